The predicted octanol–water partition coefficient (Wildman–Crippen LogP) is 4.94. The summed E-state index contributed by atoms with van der Waals surface area (Å²) in [4.78, 5) is 24.4. The molecule has 35 heavy (non-hydrogen) atoms. The Bertz CT molecular complexity index is 1320. The molecule has 0 saturated heterocycles. The highest BCUT2D eigenvalue weighted by molar-refractivity contribution is 7.91. The van der Waals surface area contributed by atoms with E-state index in [0.29, 0.717) is 23.3 Å². The van der Waals surface area contributed by atoms with Crippen molar-refractivity contribution in [1.82, 2.24) is 4.90 Å². The van der Waals surface area contributed by atoms with Crippen LogP contribution in [0, 0.1) is 6.92 Å². The summed E-state index contributed by atoms with van der Waals surface area (Å²) in [6.45, 7) is 3.34. The Morgan fingerprint density at radius 2 is 1.77 bits per heavy atom. The lowest BCUT2D eigenvalue weighted by molar-refractivity contribution is 0.0799. The van der Waals surface area contributed by atoms with Crippen LogP contribution >= 0.6 is 11.6 Å². The maximum Gasteiger partial charge on any atom is 0.407 e. The number of nitrogens with zero attached hydrogens (tertiary/aromatic N) is 1. The van der Waals surface area contributed by atoms with Crippen LogP contribution in [-0.2, 0) is 16.3 Å². The van der Waals surface area contributed by atoms with Crippen LogP contribution in [-0.4, -0.2) is 48.5 Å². The largest absolute Gasteiger partial charge is 0.465 e. The quantitative estimate of drug-likeness (QED) is 0.390. The molecule has 3 rings (SSSR count). The molecule has 0 bridgehead atoms. The van der Waals surface area contributed by atoms with Crippen molar-refractivity contribution in [3.8, 4) is 0 Å². The minimum Gasteiger partial charge on any atom is -0.465 e. The number of carboxylic acid groups (broad SMARTS) is 1. The van der Waals surface area contributed by atoms with Gasteiger partial charge in [-0.2, -0.15) is 0 Å². The number of hydrogen-bond acceptors (Lipinski definition) is 5. The molecular formula is C26H26ClNO6S. The first-order valence-corrected chi connectivity index (χ1v) is 12.7. The molecule has 2 N–H and O–H groups in total. The maximum atomic E-state index is 13.1. The van der Waals surface area contributed by atoms with Gasteiger partial charge in [0.05, 0.1) is 22.4 Å². The van der Waals surface area contributed by atoms with Gasteiger partial charge in [0.1, 0.15) is 0 Å². The number of benzene rings is 3. The highest BCUT2D eigenvalue weighted by Gasteiger charge is 2.25. The van der Waals surface area contributed by atoms with E-state index >= 15 is 0 Å². The molecule has 0 aliphatic rings. The monoisotopic (exact) mass is 515 g/mol. The van der Waals surface area contributed by atoms with Crippen molar-refractivity contribution in [2.45, 2.75) is 42.2 Å². The Labute approximate surface area is 209 Å². The zero-order valence-corrected chi connectivity index (χ0v) is 20.8. The van der Waals surface area contributed by atoms with E-state index in [0.717, 1.165) is 16.0 Å². The van der Waals surface area contributed by atoms with Crippen LogP contribution < -0.4 is 0 Å². The summed E-state index contributed by atoms with van der Waals surface area (Å²) in [7, 11) is -3.90. The second-order valence-electron chi connectivity index (χ2n) is 8.37. The zero-order valence-electron chi connectivity index (χ0n) is 19.3. The smallest absolute Gasteiger partial charge is 0.407 e. The second kappa shape index (κ2) is 11.0. The van der Waals surface area contributed by atoms with Gasteiger partial charge < -0.3 is 15.1 Å². The minimum absolute atomic E-state index is 0.0346. The normalized spacial score (nSPS) is 13.1. The molecule has 0 radical (unpaired) electrons. The third-order valence-corrected chi connectivity index (χ3v) is 7.81. The molecule has 1 amide bonds. The molecule has 2 atom stereocenters. The number of rotatable bonds is 9. The highest BCUT2D eigenvalue weighted by Crippen LogP contribution is 2.25. The summed E-state index contributed by atoms with van der Waals surface area (Å²) in [6.07, 6.45) is -1.41. The van der Waals surface area contributed by atoms with Gasteiger partial charge in [-0.05, 0) is 67.8 Å². The number of aryl methyl sites for hydroxylation is 1. The summed E-state index contributed by atoms with van der Waals surface area (Å²) < 4.78 is 26.1. The lowest BCUT2D eigenvalue weighted by Gasteiger charge is -2.29. The third kappa shape index (κ3) is 6.28. The Morgan fingerprint density at radius 1 is 1.09 bits per heavy atom. The van der Waals surface area contributed by atoms with Crippen LogP contribution in [0.15, 0.2) is 76.5 Å². The first-order chi connectivity index (χ1) is 16.5. The van der Waals surface area contributed by atoms with Gasteiger partial charge in [-0.15, -0.1) is 0 Å². The molecule has 184 valence electrons. The summed E-state index contributed by atoms with van der Waals surface area (Å²) in [5, 5.41) is 20.7. The van der Waals surface area contributed by atoms with Gasteiger partial charge in [-0.25, -0.2) is 13.2 Å². The fourth-order valence-electron chi connectivity index (χ4n) is 3.84. The van der Waals surface area contributed by atoms with Gasteiger partial charge in [0.25, 0.3) is 0 Å². The van der Waals surface area contributed by atoms with E-state index in [9.17, 15) is 28.2 Å². The maximum absolute atomic E-state index is 13.1. The number of halogens is 1. The van der Waals surface area contributed by atoms with Gasteiger partial charge in [0.15, 0.2) is 6.29 Å². The molecule has 3 aromatic rings. The summed E-state index contributed by atoms with van der Waals surface area (Å²) in [5.74, 6) is 0. The summed E-state index contributed by atoms with van der Waals surface area (Å²) in [5.41, 5.74) is 2.10. The molecule has 0 aromatic heterocycles. The Morgan fingerprint density at radius 3 is 2.37 bits per heavy atom. The molecule has 0 saturated carbocycles. The summed E-state index contributed by atoms with van der Waals surface area (Å²) in [6, 6.07) is 16.8. The molecular weight excluding hydrogens is 490 g/mol. The number of aldehydes is 1. The first-order valence-electron chi connectivity index (χ1n) is 10.9. The zero-order chi connectivity index (χ0) is 25.8. The molecule has 9 heteroatoms. The van der Waals surface area contributed by atoms with E-state index < -0.39 is 28.1 Å². The van der Waals surface area contributed by atoms with Crippen molar-refractivity contribution in [2.24, 2.45) is 0 Å². The molecule has 7 nitrogen and oxygen atoms in total. The van der Waals surface area contributed by atoms with E-state index in [-0.39, 0.29) is 21.9 Å². The second-order valence-corrected chi connectivity index (χ2v) is 10.7. The number of aliphatic hydroxyl groups excluding tert-OH is 1. The molecule has 0 aliphatic heterocycles. The fourth-order valence-corrected chi connectivity index (χ4v) is 5.45. The lowest BCUT2D eigenvalue weighted by atomic mass is 10.0. The van der Waals surface area contributed by atoms with Gasteiger partial charge in [0.2, 0.25) is 9.84 Å². The van der Waals surface area contributed by atoms with Crippen LogP contribution in [0.5, 0.6) is 0 Å². The fraction of sp³-hybridized carbons (Fsp3) is 0.231. The van der Waals surface area contributed by atoms with Crippen molar-refractivity contribution in [1.29, 1.82) is 0 Å². The number of carbonyl (C=O) groups is 2. The Hall–Kier alpha value is -3.20. The number of amides is 1. The van der Waals surface area contributed by atoms with Crippen LogP contribution in [0.1, 0.15) is 40.1 Å². The standard InChI is InChI=1S/C26H26ClNO6S/c1-17-6-11-25(21(12-17)16-29)35(33,34)23-9-7-19(8-10-23)13-18(2)28(26(31)32)15-24(30)20-4-3-5-22(27)14-20/h3-12,14,16,18,24,30H,13,15H2,1-2H3,(H,31,32)/t18-,24+/m1/s1. The van der Waals surface area contributed by atoms with E-state index in [4.69, 9.17) is 11.6 Å². The van der Waals surface area contributed by atoms with Crippen molar-refractivity contribution >= 4 is 33.8 Å². The van der Waals surface area contributed by atoms with E-state index in [2.05, 4.69) is 0 Å². The third-order valence-electron chi connectivity index (χ3n) is 5.73. The van der Waals surface area contributed by atoms with Crippen molar-refractivity contribution in [2.75, 3.05) is 6.54 Å². The SMILES string of the molecule is Cc1ccc(S(=O)(=O)c2ccc(C[C@@H](C)N(C[C@H](O)c3cccc(Cl)c3)C(=O)O)cc2)c(C=O)c1. The van der Waals surface area contributed by atoms with Crippen LogP contribution in [0.4, 0.5) is 4.79 Å². The number of aliphatic hydroxyl groups is 1. The molecule has 0 fully saturated rings. The lowest BCUT2D eigenvalue weighted by Crippen LogP contribution is -2.41. The first kappa shape index (κ1) is 26.4. The van der Waals surface area contributed by atoms with E-state index in [1.807, 2.05) is 0 Å². The van der Waals surface area contributed by atoms with Gasteiger partial charge >= 0.3 is 6.09 Å². The Balaban J connectivity index is 1.76. The average Bonchev–Trinajstić information content (AvgIpc) is 2.82. The van der Waals surface area contributed by atoms with E-state index in [1.54, 1.807) is 56.3 Å². The van der Waals surface area contributed by atoms with Crippen molar-refractivity contribution < 1.29 is 28.2 Å². The number of hydrogen-bond donors (Lipinski definition) is 2. The minimum atomic E-state index is -3.90. The van der Waals surface area contributed by atoms with Crippen LogP contribution in [0.3, 0.4) is 0 Å². The predicted molar refractivity (Wildman–Crippen MR) is 133 cm³/mol. The average molecular weight is 516 g/mol. The molecule has 0 heterocycles. The van der Waals surface area contributed by atoms with Crippen molar-refractivity contribution in [3.05, 3.63) is 94.0 Å². The Kier molecular flexibility index (Phi) is 8.32. The van der Waals surface area contributed by atoms with Crippen molar-refractivity contribution in [3.63, 3.8) is 0 Å². The molecule has 3 aromatic carbocycles. The van der Waals surface area contributed by atoms with Gasteiger partial charge in [-0.1, -0.05) is 47.5 Å². The van der Waals surface area contributed by atoms with Crippen LogP contribution in [0.2, 0.25) is 5.02 Å². The van der Waals surface area contributed by atoms with Gasteiger partial charge in [-0.3, -0.25) is 4.79 Å². The molecule has 0 unspecified atom stereocenters. The van der Waals surface area contributed by atoms with Gasteiger partial charge in [0, 0.05) is 16.6 Å². The highest BCUT2D eigenvalue weighted by atomic mass is 35.5. The molecule has 0 spiro atoms. The molecule has 0 aliphatic carbocycles. The topological polar surface area (TPSA) is 112 Å². The van der Waals surface area contributed by atoms with Crippen LogP contribution in [0.25, 0.3) is 0 Å². The number of sulfone groups is 1. The van der Waals surface area contributed by atoms with E-state index in [1.165, 1.54) is 24.3 Å². The summed E-state index contributed by atoms with van der Waals surface area (Å²) >= 11 is 5.96. The number of carbonyl (C=O) groups excluding carboxylic acids is 1.